The third-order valence-corrected chi connectivity index (χ3v) is 8.55. The monoisotopic (exact) mass is 677 g/mol. The van der Waals surface area contributed by atoms with Gasteiger partial charge < -0.3 is 35.0 Å². The maximum absolute atomic E-state index is 14.3. The van der Waals surface area contributed by atoms with E-state index in [1.807, 2.05) is 6.92 Å². The van der Waals surface area contributed by atoms with Crippen LogP contribution in [0.1, 0.15) is 87.3 Å². The van der Waals surface area contributed by atoms with E-state index in [-0.39, 0.29) is 47.2 Å². The van der Waals surface area contributed by atoms with Gasteiger partial charge in [-0.3, -0.25) is 24.1 Å². The highest BCUT2D eigenvalue weighted by molar-refractivity contribution is 6.45. The lowest BCUT2D eigenvalue weighted by Gasteiger charge is -2.38. The van der Waals surface area contributed by atoms with Crippen molar-refractivity contribution in [2.45, 2.75) is 109 Å². The van der Waals surface area contributed by atoms with Gasteiger partial charge in [-0.2, -0.15) is 0 Å². The Kier molecular flexibility index (Phi) is 12.9. The first-order valence-electron chi connectivity index (χ1n) is 16.7. The van der Waals surface area contributed by atoms with Crippen molar-refractivity contribution < 1.29 is 47.3 Å². The molecule has 1 unspecified atom stereocenters. The molecule has 48 heavy (non-hydrogen) atoms. The number of carbonyl (C=O) groups excluding carboxylic acids is 5. The van der Waals surface area contributed by atoms with E-state index in [0.717, 1.165) is 12.8 Å². The number of amides is 4. The van der Waals surface area contributed by atoms with Crippen molar-refractivity contribution in [3.8, 4) is 0 Å². The van der Waals surface area contributed by atoms with Crippen LogP contribution in [0.2, 0.25) is 0 Å². The number of nitrogens with zero attached hydrogens (tertiary/aromatic N) is 2. The fraction of sp³-hybridized carbons (Fsp3) is 0.647. The largest absolute Gasteiger partial charge is 0.444 e. The Morgan fingerprint density at radius 3 is 2.40 bits per heavy atom. The number of Topliss-reactive ketones (excluding diaryl/α,β-unsaturated/α-hetero) is 1. The SMILES string of the molecule is CCC[C@H](NC(=O)[C@@H]1CC/C(C(=O)c2ccccc2)=N\OCN1C(=O)[C@@H](NC(=O)O[C@H]1CCOC1)C(C)(C)C)C(OC)C(=O)NC1CC1.[HH].[HH].[HH]. The van der Waals surface area contributed by atoms with Gasteiger partial charge in [0, 0.05) is 29.4 Å². The van der Waals surface area contributed by atoms with Gasteiger partial charge in [-0.25, -0.2) is 4.79 Å². The molecule has 3 aliphatic rings. The second-order valence-corrected chi connectivity index (χ2v) is 13.5. The summed E-state index contributed by atoms with van der Waals surface area (Å²) in [5.41, 5.74) is -0.302. The molecule has 5 atom stereocenters. The van der Waals surface area contributed by atoms with Crippen molar-refractivity contribution in [2.75, 3.05) is 27.1 Å². The summed E-state index contributed by atoms with van der Waals surface area (Å²) in [6.45, 7) is 7.54. The van der Waals surface area contributed by atoms with Crippen molar-refractivity contribution in [3.63, 3.8) is 0 Å². The quantitative estimate of drug-likeness (QED) is 0.264. The van der Waals surface area contributed by atoms with Crippen LogP contribution in [0.5, 0.6) is 0 Å². The van der Waals surface area contributed by atoms with E-state index in [1.165, 1.54) is 12.0 Å². The van der Waals surface area contributed by atoms with Crippen LogP contribution in [0, 0.1) is 5.41 Å². The van der Waals surface area contributed by atoms with Crippen molar-refractivity contribution in [3.05, 3.63) is 35.9 Å². The molecule has 0 spiro atoms. The highest BCUT2D eigenvalue weighted by Gasteiger charge is 2.43. The molecule has 14 nitrogen and oxygen atoms in total. The van der Waals surface area contributed by atoms with E-state index in [2.05, 4.69) is 21.1 Å². The Morgan fingerprint density at radius 1 is 1.06 bits per heavy atom. The van der Waals surface area contributed by atoms with Gasteiger partial charge in [0.15, 0.2) is 12.8 Å². The molecule has 1 saturated carbocycles. The minimum absolute atomic E-state index is 0. The van der Waals surface area contributed by atoms with Crippen LogP contribution in [-0.4, -0.2) is 104 Å². The van der Waals surface area contributed by atoms with Gasteiger partial charge in [0.05, 0.1) is 19.3 Å². The molecule has 0 aromatic heterocycles. The molecule has 0 radical (unpaired) electrons. The fourth-order valence-electron chi connectivity index (χ4n) is 5.71. The number of hydrogen-bond acceptors (Lipinski definition) is 10. The first-order valence-corrected chi connectivity index (χ1v) is 16.7. The van der Waals surface area contributed by atoms with E-state index >= 15 is 0 Å². The van der Waals surface area contributed by atoms with E-state index in [1.54, 1.807) is 51.1 Å². The maximum Gasteiger partial charge on any atom is 0.408 e. The first-order chi connectivity index (χ1) is 22.9. The molecular weight excluding hydrogens is 622 g/mol. The van der Waals surface area contributed by atoms with Gasteiger partial charge in [0.1, 0.15) is 23.9 Å². The molecule has 2 heterocycles. The molecule has 3 N–H and O–H groups in total. The summed E-state index contributed by atoms with van der Waals surface area (Å²) in [5, 5.41) is 12.7. The van der Waals surface area contributed by atoms with Crippen molar-refractivity contribution in [1.82, 2.24) is 20.9 Å². The topological polar surface area (TPSA) is 174 Å². The van der Waals surface area contributed by atoms with E-state index in [4.69, 9.17) is 19.0 Å². The summed E-state index contributed by atoms with van der Waals surface area (Å²) in [5.74, 6) is -1.84. The smallest absolute Gasteiger partial charge is 0.408 e. The zero-order valence-electron chi connectivity index (χ0n) is 28.5. The van der Waals surface area contributed by atoms with E-state index in [9.17, 15) is 24.0 Å². The fourth-order valence-corrected chi connectivity index (χ4v) is 5.71. The van der Waals surface area contributed by atoms with E-state index in [0.29, 0.717) is 31.4 Å². The molecule has 14 heteroatoms. The number of carbonyl (C=O) groups is 5. The first kappa shape index (κ1) is 36.8. The summed E-state index contributed by atoms with van der Waals surface area (Å²) in [7, 11) is 1.42. The number of ether oxygens (including phenoxy) is 3. The predicted octanol–water partition coefficient (Wildman–Crippen LogP) is 3.44. The van der Waals surface area contributed by atoms with Gasteiger partial charge in [-0.1, -0.05) is 69.6 Å². The minimum Gasteiger partial charge on any atom is -0.444 e. The normalized spacial score (nSPS) is 22.8. The molecular formula is C34H55N5O9. The lowest BCUT2D eigenvalue weighted by Crippen LogP contribution is -2.62. The molecule has 1 saturated heterocycles. The Balaban J connectivity index is 0.00000433. The Labute approximate surface area is 286 Å². The van der Waals surface area contributed by atoms with Gasteiger partial charge in [-0.05, 0) is 37.5 Å². The highest BCUT2D eigenvalue weighted by Crippen LogP contribution is 2.25. The second-order valence-electron chi connectivity index (χ2n) is 13.5. The summed E-state index contributed by atoms with van der Waals surface area (Å²) in [6.07, 6.45) is 1.27. The molecule has 2 fully saturated rings. The average Bonchev–Trinajstić information content (AvgIpc) is 3.70. The number of alkyl carbamates (subject to hydrolysis) is 1. The van der Waals surface area contributed by atoms with Crippen molar-refractivity contribution >= 4 is 35.3 Å². The maximum atomic E-state index is 14.3. The molecule has 270 valence electrons. The lowest BCUT2D eigenvalue weighted by atomic mass is 9.85. The second kappa shape index (κ2) is 16.9. The standard InChI is InChI=1S/C34H49N5O9.3H2/c1-6-10-25(28(45-5)31(42)35-22-13-14-22)36-30(41)26-16-15-24(27(40)21-11-8-7-9-12-21)38-47-20-39(26)32(43)29(34(2,3)4)37-33(44)48-23-17-18-46-19-23;;;/h7-9,11-12,22-23,25-26,28-29H,6,10,13-20H2,1-5H3,(H,35,42)(H,36,41)(H,37,44);3*1H/b38-24+;;;/t23-,25-,26-,28?,29+;;;/m0.../s1. The van der Waals surface area contributed by atoms with Gasteiger partial charge >= 0.3 is 6.09 Å². The number of nitrogens with one attached hydrogen (secondary N) is 3. The third kappa shape index (κ3) is 9.99. The van der Waals surface area contributed by atoms with Crippen LogP contribution in [0.15, 0.2) is 35.5 Å². The molecule has 1 aromatic rings. The summed E-state index contributed by atoms with van der Waals surface area (Å²) >= 11 is 0. The van der Waals surface area contributed by atoms with Crippen molar-refractivity contribution in [2.24, 2.45) is 10.6 Å². The zero-order chi connectivity index (χ0) is 34.8. The number of ketones is 1. The molecule has 0 bridgehead atoms. The molecule has 1 aromatic carbocycles. The number of methoxy groups -OCH3 is 1. The predicted molar refractivity (Wildman–Crippen MR) is 181 cm³/mol. The Bertz CT molecular complexity index is 1340. The lowest BCUT2D eigenvalue weighted by molar-refractivity contribution is -0.152. The highest BCUT2D eigenvalue weighted by atomic mass is 16.6. The Morgan fingerprint density at radius 2 is 1.79 bits per heavy atom. The van der Waals surface area contributed by atoms with Gasteiger partial charge in [0.2, 0.25) is 17.6 Å². The number of hydrogen-bond donors (Lipinski definition) is 3. The summed E-state index contributed by atoms with van der Waals surface area (Å²) in [6, 6.07) is 5.70. The molecule has 2 aliphatic heterocycles. The Hall–Kier alpha value is -4.04. The minimum atomic E-state index is -1.15. The van der Waals surface area contributed by atoms with Crippen LogP contribution in [-0.2, 0) is 33.4 Å². The third-order valence-electron chi connectivity index (χ3n) is 8.55. The zero-order valence-corrected chi connectivity index (χ0v) is 28.5. The molecule has 4 amide bonds. The average molecular weight is 678 g/mol. The molecule has 1 aliphatic carbocycles. The van der Waals surface area contributed by atoms with Gasteiger partial charge in [0.25, 0.3) is 5.91 Å². The van der Waals surface area contributed by atoms with Gasteiger partial charge in [-0.15, -0.1) is 0 Å². The number of oxime groups is 1. The van der Waals surface area contributed by atoms with E-state index < -0.39 is 60.4 Å². The summed E-state index contributed by atoms with van der Waals surface area (Å²) < 4.78 is 16.3. The number of rotatable bonds is 13. The van der Waals surface area contributed by atoms with Crippen LogP contribution >= 0.6 is 0 Å². The van der Waals surface area contributed by atoms with Crippen LogP contribution in [0.3, 0.4) is 0 Å². The van der Waals surface area contributed by atoms with Crippen LogP contribution in [0.4, 0.5) is 4.79 Å². The van der Waals surface area contributed by atoms with Crippen LogP contribution < -0.4 is 16.0 Å². The van der Waals surface area contributed by atoms with Crippen LogP contribution in [0.25, 0.3) is 0 Å². The molecule has 4 rings (SSSR count). The number of benzene rings is 1. The van der Waals surface area contributed by atoms with Crippen molar-refractivity contribution in [1.29, 1.82) is 0 Å². The summed E-state index contributed by atoms with van der Waals surface area (Å²) in [4.78, 5) is 74.6.